The summed E-state index contributed by atoms with van der Waals surface area (Å²) in [6, 6.07) is 0.820. The van der Waals surface area contributed by atoms with Gasteiger partial charge < -0.3 is 10.2 Å². The second-order valence-corrected chi connectivity index (χ2v) is 4.96. The van der Waals surface area contributed by atoms with E-state index in [2.05, 4.69) is 31.1 Å². The molecule has 0 radical (unpaired) electrons. The van der Waals surface area contributed by atoms with Crippen LogP contribution in [0.2, 0.25) is 0 Å². The molecule has 1 saturated heterocycles. The molecule has 0 amide bonds. The topological polar surface area (TPSA) is 15.3 Å². The predicted molar refractivity (Wildman–Crippen MR) is 67.2 cm³/mol. The van der Waals surface area contributed by atoms with Gasteiger partial charge in [0.05, 0.1) is 0 Å². The van der Waals surface area contributed by atoms with E-state index in [0.29, 0.717) is 0 Å². The zero-order valence-corrected chi connectivity index (χ0v) is 10.8. The Morgan fingerprint density at radius 3 is 2.60 bits per heavy atom. The van der Waals surface area contributed by atoms with Crippen molar-refractivity contribution in [3.63, 3.8) is 0 Å². The van der Waals surface area contributed by atoms with E-state index >= 15 is 0 Å². The highest BCUT2D eigenvalue weighted by atomic mass is 15.1. The third-order valence-electron chi connectivity index (χ3n) is 3.87. The average Bonchev–Trinajstić information content (AvgIpc) is 2.54. The van der Waals surface area contributed by atoms with Crippen LogP contribution in [0.25, 0.3) is 0 Å². The van der Waals surface area contributed by atoms with Gasteiger partial charge in [0.2, 0.25) is 0 Å². The minimum absolute atomic E-state index is 0.820. The molecule has 1 heterocycles. The Morgan fingerprint density at radius 1 is 1.20 bits per heavy atom. The monoisotopic (exact) mass is 212 g/mol. The van der Waals surface area contributed by atoms with E-state index in [1.807, 2.05) is 0 Å². The largest absolute Gasteiger partial charge is 0.317 e. The van der Waals surface area contributed by atoms with E-state index in [0.717, 1.165) is 12.0 Å². The van der Waals surface area contributed by atoms with Crippen molar-refractivity contribution in [2.24, 2.45) is 5.92 Å². The molecule has 1 fully saturated rings. The van der Waals surface area contributed by atoms with Crippen LogP contribution in [0.4, 0.5) is 0 Å². The normalized spacial score (nSPS) is 23.4. The highest BCUT2D eigenvalue weighted by Crippen LogP contribution is 2.16. The molecule has 15 heavy (non-hydrogen) atoms. The van der Waals surface area contributed by atoms with Crippen LogP contribution in [-0.2, 0) is 0 Å². The number of hydrogen-bond donors (Lipinski definition) is 1. The number of rotatable bonds is 5. The van der Waals surface area contributed by atoms with Gasteiger partial charge in [-0.05, 0) is 45.3 Å². The Morgan fingerprint density at radius 2 is 1.93 bits per heavy atom. The molecule has 0 bridgehead atoms. The number of hydrogen-bond acceptors (Lipinski definition) is 2. The summed E-state index contributed by atoms with van der Waals surface area (Å²) in [5.41, 5.74) is 0. The first kappa shape index (κ1) is 13.0. The Labute approximate surface area is 95.4 Å². The molecule has 1 unspecified atom stereocenters. The summed E-state index contributed by atoms with van der Waals surface area (Å²) < 4.78 is 0. The molecule has 0 saturated carbocycles. The molecule has 2 nitrogen and oxygen atoms in total. The van der Waals surface area contributed by atoms with Crippen LogP contribution in [0, 0.1) is 5.92 Å². The van der Waals surface area contributed by atoms with Crippen molar-refractivity contribution in [2.45, 2.75) is 52.0 Å². The molecule has 1 aliphatic heterocycles. The summed E-state index contributed by atoms with van der Waals surface area (Å²) in [7, 11) is 2.31. The smallest absolute Gasteiger partial charge is 0.0105 e. The lowest BCUT2D eigenvalue weighted by molar-refractivity contribution is 0.187. The molecule has 0 aliphatic carbocycles. The summed E-state index contributed by atoms with van der Waals surface area (Å²) in [5, 5.41) is 3.49. The predicted octanol–water partition coefficient (Wildman–Crippen LogP) is 2.50. The first-order valence-corrected chi connectivity index (χ1v) is 6.68. The maximum atomic E-state index is 3.49. The first-order chi connectivity index (χ1) is 7.27. The van der Waals surface area contributed by atoms with Crippen LogP contribution < -0.4 is 5.32 Å². The average molecular weight is 212 g/mol. The van der Waals surface area contributed by atoms with Gasteiger partial charge in [-0.1, -0.05) is 26.7 Å². The summed E-state index contributed by atoms with van der Waals surface area (Å²) in [4.78, 5) is 2.60. The minimum Gasteiger partial charge on any atom is -0.317 e. The Bertz CT molecular complexity index is 147. The molecule has 1 atom stereocenters. The van der Waals surface area contributed by atoms with Crippen molar-refractivity contribution < 1.29 is 0 Å². The fourth-order valence-electron chi connectivity index (χ4n) is 2.54. The molecule has 0 spiro atoms. The fraction of sp³-hybridized carbons (Fsp3) is 1.00. The van der Waals surface area contributed by atoms with Crippen molar-refractivity contribution in [1.29, 1.82) is 0 Å². The van der Waals surface area contributed by atoms with Crippen molar-refractivity contribution in [3.05, 3.63) is 0 Å². The van der Waals surface area contributed by atoms with Crippen LogP contribution >= 0.6 is 0 Å². The van der Waals surface area contributed by atoms with E-state index in [1.54, 1.807) is 0 Å². The van der Waals surface area contributed by atoms with Crippen LogP contribution in [-0.4, -0.2) is 37.6 Å². The Kier molecular flexibility index (Phi) is 6.26. The van der Waals surface area contributed by atoms with Gasteiger partial charge in [0, 0.05) is 12.6 Å². The zero-order valence-electron chi connectivity index (χ0n) is 10.8. The van der Waals surface area contributed by atoms with E-state index in [4.69, 9.17) is 0 Å². The van der Waals surface area contributed by atoms with Crippen molar-refractivity contribution in [2.75, 3.05) is 26.7 Å². The van der Waals surface area contributed by atoms with Crippen LogP contribution in [0.15, 0.2) is 0 Å². The fourth-order valence-corrected chi connectivity index (χ4v) is 2.54. The molecule has 0 aromatic carbocycles. The third-order valence-corrected chi connectivity index (χ3v) is 3.87. The summed E-state index contributed by atoms with van der Waals surface area (Å²) in [5.74, 6) is 0.895. The third kappa shape index (κ3) is 4.52. The SMILES string of the molecule is CCC(CC)CN(C)C1CCCNCC1. The van der Waals surface area contributed by atoms with Crippen LogP contribution in [0.3, 0.4) is 0 Å². The molecule has 1 rings (SSSR count). The standard InChI is InChI=1S/C13H28N2/c1-4-12(5-2)11-15(3)13-7-6-9-14-10-8-13/h12-14H,4-11H2,1-3H3. The second-order valence-electron chi connectivity index (χ2n) is 4.96. The van der Waals surface area contributed by atoms with Gasteiger partial charge in [0.15, 0.2) is 0 Å². The van der Waals surface area contributed by atoms with Gasteiger partial charge in [0.1, 0.15) is 0 Å². The summed E-state index contributed by atoms with van der Waals surface area (Å²) in [6.07, 6.45) is 6.70. The Hall–Kier alpha value is -0.0800. The molecule has 1 aliphatic rings. The van der Waals surface area contributed by atoms with E-state index in [-0.39, 0.29) is 0 Å². The number of nitrogens with one attached hydrogen (secondary N) is 1. The van der Waals surface area contributed by atoms with E-state index in [1.165, 1.54) is 51.7 Å². The van der Waals surface area contributed by atoms with Gasteiger partial charge in [-0.25, -0.2) is 0 Å². The maximum Gasteiger partial charge on any atom is 0.0105 e. The second kappa shape index (κ2) is 7.24. The lowest BCUT2D eigenvalue weighted by Crippen LogP contribution is -2.36. The summed E-state index contributed by atoms with van der Waals surface area (Å²) in [6.45, 7) is 8.35. The van der Waals surface area contributed by atoms with Crippen molar-refractivity contribution in [1.82, 2.24) is 10.2 Å². The van der Waals surface area contributed by atoms with E-state index in [9.17, 15) is 0 Å². The van der Waals surface area contributed by atoms with Gasteiger partial charge in [-0.15, -0.1) is 0 Å². The van der Waals surface area contributed by atoms with Crippen LogP contribution in [0.5, 0.6) is 0 Å². The first-order valence-electron chi connectivity index (χ1n) is 6.68. The lowest BCUT2D eigenvalue weighted by Gasteiger charge is -2.30. The van der Waals surface area contributed by atoms with Gasteiger partial charge in [0.25, 0.3) is 0 Å². The zero-order chi connectivity index (χ0) is 11.1. The minimum atomic E-state index is 0.820. The lowest BCUT2D eigenvalue weighted by atomic mass is 10.0. The van der Waals surface area contributed by atoms with Crippen molar-refractivity contribution in [3.8, 4) is 0 Å². The molecule has 90 valence electrons. The maximum absolute atomic E-state index is 3.49. The van der Waals surface area contributed by atoms with Crippen molar-refractivity contribution >= 4 is 0 Å². The summed E-state index contributed by atoms with van der Waals surface area (Å²) >= 11 is 0. The molecule has 1 N–H and O–H groups in total. The molecular formula is C13H28N2. The quantitative estimate of drug-likeness (QED) is 0.753. The van der Waals surface area contributed by atoms with Gasteiger partial charge in [-0.3, -0.25) is 0 Å². The molecule has 0 aromatic heterocycles. The molecule has 0 aromatic rings. The van der Waals surface area contributed by atoms with Crippen LogP contribution in [0.1, 0.15) is 46.0 Å². The van der Waals surface area contributed by atoms with E-state index < -0.39 is 0 Å². The highest BCUT2D eigenvalue weighted by molar-refractivity contribution is 4.75. The van der Waals surface area contributed by atoms with Gasteiger partial charge in [-0.2, -0.15) is 0 Å². The Balaban J connectivity index is 2.33. The number of nitrogens with zero attached hydrogens (tertiary/aromatic N) is 1. The van der Waals surface area contributed by atoms with Gasteiger partial charge >= 0.3 is 0 Å². The molecular weight excluding hydrogens is 184 g/mol. The highest BCUT2D eigenvalue weighted by Gasteiger charge is 2.18. The molecule has 2 heteroatoms.